The Morgan fingerprint density at radius 2 is 1.85 bits per heavy atom. The molecule has 0 unspecified atom stereocenters. The molecular formula is C16H26IN3. The van der Waals surface area contributed by atoms with E-state index in [0.29, 0.717) is 5.92 Å². The monoisotopic (exact) mass is 387 g/mol. The standard InChI is InChI=1S/C16H26IN3/c1-5-18-16-14(17)11(4)19-15(20-16)13-8-6-12(7-9-13)10(2)3/h10,12-13H,5-9H2,1-4H3,(H,18,19,20). The summed E-state index contributed by atoms with van der Waals surface area (Å²) >= 11 is 2.34. The van der Waals surface area contributed by atoms with E-state index in [1.807, 2.05) is 0 Å². The van der Waals surface area contributed by atoms with Gasteiger partial charge in [-0.3, -0.25) is 0 Å². The van der Waals surface area contributed by atoms with Crippen LogP contribution in [0.1, 0.15) is 63.9 Å². The summed E-state index contributed by atoms with van der Waals surface area (Å²) in [5.41, 5.74) is 1.11. The highest BCUT2D eigenvalue weighted by Crippen LogP contribution is 2.38. The van der Waals surface area contributed by atoms with Crippen molar-refractivity contribution in [3.63, 3.8) is 0 Å². The van der Waals surface area contributed by atoms with E-state index in [-0.39, 0.29) is 0 Å². The van der Waals surface area contributed by atoms with Crippen LogP contribution >= 0.6 is 22.6 Å². The van der Waals surface area contributed by atoms with E-state index in [4.69, 9.17) is 9.97 Å². The molecule has 1 fully saturated rings. The molecule has 0 saturated heterocycles. The van der Waals surface area contributed by atoms with Gasteiger partial charge in [0.15, 0.2) is 0 Å². The lowest BCUT2D eigenvalue weighted by Gasteiger charge is -2.30. The smallest absolute Gasteiger partial charge is 0.143 e. The van der Waals surface area contributed by atoms with E-state index in [1.54, 1.807) is 0 Å². The number of rotatable bonds is 4. The van der Waals surface area contributed by atoms with Crippen LogP contribution in [0.15, 0.2) is 0 Å². The van der Waals surface area contributed by atoms with Crippen LogP contribution in [0.3, 0.4) is 0 Å². The second-order valence-electron chi connectivity index (χ2n) is 6.22. The fourth-order valence-electron chi connectivity index (χ4n) is 3.09. The molecule has 1 aliphatic carbocycles. The SMILES string of the molecule is CCNc1nc(C2CCC(C(C)C)CC2)nc(C)c1I. The summed E-state index contributed by atoms with van der Waals surface area (Å²) in [7, 11) is 0. The summed E-state index contributed by atoms with van der Waals surface area (Å²) in [6.45, 7) is 9.81. The van der Waals surface area contributed by atoms with Gasteiger partial charge in [-0.1, -0.05) is 13.8 Å². The van der Waals surface area contributed by atoms with Gasteiger partial charge in [0.2, 0.25) is 0 Å². The van der Waals surface area contributed by atoms with Crippen molar-refractivity contribution in [2.45, 2.75) is 59.3 Å². The maximum Gasteiger partial charge on any atom is 0.143 e. The van der Waals surface area contributed by atoms with Crippen molar-refractivity contribution in [3.8, 4) is 0 Å². The van der Waals surface area contributed by atoms with E-state index in [2.05, 4.69) is 55.6 Å². The van der Waals surface area contributed by atoms with Gasteiger partial charge in [0, 0.05) is 12.5 Å². The number of aryl methyl sites for hydroxylation is 1. The van der Waals surface area contributed by atoms with Crippen LogP contribution in [-0.2, 0) is 0 Å². The van der Waals surface area contributed by atoms with Crippen LogP contribution in [0, 0.1) is 22.3 Å². The first-order valence-electron chi connectivity index (χ1n) is 7.80. The zero-order valence-electron chi connectivity index (χ0n) is 13.0. The Morgan fingerprint density at radius 1 is 1.20 bits per heavy atom. The van der Waals surface area contributed by atoms with E-state index in [9.17, 15) is 0 Å². The van der Waals surface area contributed by atoms with Crippen molar-refractivity contribution in [1.82, 2.24) is 9.97 Å². The Bertz CT molecular complexity index is 451. The molecule has 0 aromatic carbocycles. The Hall–Kier alpha value is -0.390. The summed E-state index contributed by atoms with van der Waals surface area (Å²) in [5.74, 6) is 4.33. The van der Waals surface area contributed by atoms with Crippen LogP contribution in [0.5, 0.6) is 0 Å². The molecular weight excluding hydrogens is 361 g/mol. The molecule has 20 heavy (non-hydrogen) atoms. The second-order valence-corrected chi connectivity index (χ2v) is 7.29. The minimum Gasteiger partial charge on any atom is -0.369 e. The third-order valence-electron chi connectivity index (χ3n) is 4.46. The molecule has 2 rings (SSSR count). The van der Waals surface area contributed by atoms with E-state index in [0.717, 1.165) is 39.3 Å². The highest BCUT2D eigenvalue weighted by atomic mass is 127. The zero-order chi connectivity index (χ0) is 14.7. The predicted octanol–water partition coefficient (Wildman–Crippen LogP) is 4.75. The van der Waals surface area contributed by atoms with Crippen molar-refractivity contribution in [2.75, 3.05) is 11.9 Å². The van der Waals surface area contributed by atoms with Crippen molar-refractivity contribution in [2.24, 2.45) is 11.8 Å². The van der Waals surface area contributed by atoms with Gasteiger partial charge in [-0.05, 0) is 74.0 Å². The maximum absolute atomic E-state index is 4.79. The third kappa shape index (κ3) is 3.62. The van der Waals surface area contributed by atoms with Crippen molar-refractivity contribution >= 4 is 28.4 Å². The average Bonchev–Trinajstić information content (AvgIpc) is 2.44. The van der Waals surface area contributed by atoms with E-state index < -0.39 is 0 Å². The predicted molar refractivity (Wildman–Crippen MR) is 93.2 cm³/mol. The minimum atomic E-state index is 0.554. The first-order chi connectivity index (χ1) is 9.52. The average molecular weight is 387 g/mol. The first-order valence-corrected chi connectivity index (χ1v) is 8.88. The summed E-state index contributed by atoms with van der Waals surface area (Å²) in [4.78, 5) is 9.54. The first kappa shape index (κ1) is 16.0. The number of hydrogen-bond donors (Lipinski definition) is 1. The Labute approximate surface area is 136 Å². The molecule has 1 heterocycles. The van der Waals surface area contributed by atoms with Crippen molar-refractivity contribution < 1.29 is 0 Å². The van der Waals surface area contributed by atoms with Gasteiger partial charge in [0.1, 0.15) is 11.6 Å². The summed E-state index contributed by atoms with van der Waals surface area (Å²) in [6, 6.07) is 0. The van der Waals surface area contributed by atoms with Gasteiger partial charge in [-0.2, -0.15) is 0 Å². The van der Waals surface area contributed by atoms with Gasteiger partial charge in [0.05, 0.1) is 9.26 Å². The Balaban J connectivity index is 2.13. The number of nitrogens with one attached hydrogen (secondary N) is 1. The quantitative estimate of drug-likeness (QED) is 0.758. The lowest BCUT2D eigenvalue weighted by molar-refractivity contribution is 0.254. The van der Waals surface area contributed by atoms with Crippen LogP contribution in [0.25, 0.3) is 0 Å². The summed E-state index contributed by atoms with van der Waals surface area (Å²) in [5, 5.41) is 3.36. The lowest BCUT2D eigenvalue weighted by atomic mass is 9.77. The van der Waals surface area contributed by atoms with Crippen LogP contribution in [-0.4, -0.2) is 16.5 Å². The molecule has 1 aromatic rings. The number of aromatic nitrogens is 2. The largest absolute Gasteiger partial charge is 0.369 e. The fourth-order valence-corrected chi connectivity index (χ4v) is 3.52. The molecule has 4 heteroatoms. The maximum atomic E-state index is 4.79. The molecule has 1 aliphatic rings. The van der Waals surface area contributed by atoms with Gasteiger partial charge in [-0.15, -0.1) is 0 Å². The zero-order valence-corrected chi connectivity index (χ0v) is 15.2. The molecule has 112 valence electrons. The van der Waals surface area contributed by atoms with Gasteiger partial charge in [0.25, 0.3) is 0 Å². The molecule has 0 atom stereocenters. The fraction of sp³-hybridized carbons (Fsp3) is 0.750. The van der Waals surface area contributed by atoms with Crippen LogP contribution in [0.4, 0.5) is 5.82 Å². The highest BCUT2D eigenvalue weighted by Gasteiger charge is 2.26. The molecule has 0 bridgehead atoms. The molecule has 0 radical (unpaired) electrons. The summed E-state index contributed by atoms with van der Waals surface area (Å²) < 4.78 is 1.16. The molecule has 3 nitrogen and oxygen atoms in total. The molecule has 1 aromatic heterocycles. The molecule has 0 spiro atoms. The number of hydrogen-bond acceptors (Lipinski definition) is 3. The molecule has 1 N–H and O–H groups in total. The van der Waals surface area contributed by atoms with Gasteiger partial charge >= 0.3 is 0 Å². The highest BCUT2D eigenvalue weighted by molar-refractivity contribution is 14.1. The molecule has 1 saturated carbocycles. The molecule has 0 amide bonds. The Kier molecular flexibility index (Phi) is 5.64. The van der Waals surface area contributed by atoms with Crippen LogP contribution in [0.2, 0.25) is 0 Å². The minimum absolute atomic E-state index is 0.554. The van der Waals surface area contributed by atoms with Gasteiger partial charge in [-0.25, -0.2) is 9.97 Å². The van der Waals surface area contributed by atoms with Crippen LogP contribution < -0.4 is 5.32 Å². The topological polar surface area (TPSA) is 37.8 Å². The lowest BCUT2D eigenvalue weighted by Crippen LogP contribution is -2.20. The Morgan fingerprint density at radius 3 is 2.40 bits per heavy atom. The van der Waals surface area contributed by atoms with E-state index >= 15 is 0 Å². The molecule has 0 aliphatic heterocycles. The number of halogens is 1. The van der Waals surface area contributed by atoms with Gasteiger partial charge < -0.3 is 5.32 Å². The number of anilines is 1. The third-order valence-corrected chi connectivity index (χ3v) is 5.75. The number of nitrogens with zero attached hydrogens (tertiary/aromatic N) is 2. The summed E-state index contributed by atoms with van der Waals surface area (Å²) in [6.07, 6.45) is 5.14. The van der Waals surface area contributed by atoms with E-state index in [1.165, 1.54) is 25.7 Å². The van der Waals surface area contributed by atoms with Crippen molar-refractivity contribution in [1.29, 1.82) is 0 Å². The normalized spacial score (nSPS) is 23.1. The van der Waals surface area contributed by atoms with Crippen molar-refractivity contribution in [3.05, 3.63) is 15.1 Å². The second kappa shape index (κ2) is 7.05.